The summed E-state index contributed by atoms with van der Waals surface area (Å²) in [5.41, 5.74) is 0. The van der Waals surface area contributed by atoms with E-state index in [4.69, 9.17) is 16.3 Å². The number of hydrogen-bond donors (Lipinski definition) is 1. The minimum atomic E-state index is -0.442. The minimum absolute atomic E-state index is 0.442. The van der Waals surface area contributed by atoms with Crippen molar-refractivity contribution in [2.75, 3.05) is 13.7 Å². The monoisotopic (exact) mass is 220 g/mol. The summed E-state index contributed by atoms with van der Waals surface area (Å²) < 4.78 is 4.90. The van der Waals surface area contributed by atoms with Gasteiger partial charge in [-0.05, 0) is 24.3 Å². The topological polar surface area (TPSA) is 29.5 Å². The molecule has 1 aromatic heterocycles. The summed E-state index contributed by atoms with van der Waals surface area (Å²) in [6.45, 7) is 0.681. The lowest BCUT2D eigenvalue weighted by Crippen LogP contribution is -1.98. The third kappa shape index (κ3) is 3.27. The maximum Gasteiger partial charge on any atom is 0.0897 e. The summed E-state index contributed by atoms with van der Waals surface area (Å²) >= 11 is 7.36. The predicted molar refractivity (Wildman–Crippen MR) is 55.4 cm³/mol. The van der Waals surface area contributed by atoms with Crippen LogP contribution >= 0.6 is 22.9 Å². The number of rotatable bonds is 5. The van der Waals surface area contributed by atoms with Crippen molar-refractivity contribution >= 4 is 22.9 Å². The van der Waals surface area contributed by atoms with E-state index in [1.54, 1.807) is 13.2 Å². The molecule has 0 fully saturated rings. The van der Waals surface area contributed by atoms with Crippen molar-refractivity contribution in [3.8, 4) is 0 Å². The van der Waals surface area contributed by atoms with Crippen molar-refractivity contribution in [1.29, 1.82) is 0 Å². The summed E-state index contributed by atoms with van der Waals surface area (Å²) in [7, 11) is 1.66. The fourth-order valence-electron chi connectivity index (χ4n) is 1.10. The van der Waals surface area contributed by atoms with Crippen LogP contribution in [0.4, 0.5) is 0 Å². The molecule has 0 spiro atoms. The van der Waals surface area contributed by atoms with Crippen LogP contribution in [0.15, 0.2) is 11.4 Å². The molecule has 1 N–H and O–H groups in total. The lowest BCUT2D eigenvalue weighted by molar-refractivity contribution is 0.138. The van der Waals surface area contributed by atoms with E-state index >= 15 is 0 Å². The van der Waals surface area contributed by atoms with Gasteiger partial charge in [0.05, 0.1) is 16.0 Å². The maximum absolute atomic E-state index is 9.69. The fraction of sp³-hybridized carbons (Fsp3) is 0.556. The van der Waals surface area contributed by atoms with Crippen LogP contribution in [0.2, 0.25) is 5.02 Å². The molecule has 0 saturated heterocycles. The Morgan fingerprint density at radius 1 is 1.69 bits per heavy atom. The summed E-state index contributed by atoms with van der Waals surface area (Å²) in [6, 6.07) is 1.81. The van der Waals surface area contributed by atoms with E-state index in [1.807, 2.05) is 5.38 Å². The van der Waals surface area contributed by atoms with Crippen LogP contribution in [-0.4, -0.2) is 18.8 Å². The van der Waals surface area contributed by atoms with Gasteiger partial charge in [-0.2, -0.15) is 0 Å². The van der Waals surface area contributed by atoms with Crippen LogP contribution in [0.3, 0.4) is 0 Å². The Hall–Kier alpha value is -0.0900. The van der Waals surface area contributed by atoms with Crippen molar-refractivity contribution in [1.82, 2.24) is 0 Å². The van der Waals surface area contributed by atoms with Gasteiger partial charge >= 0.3 is 0 Å². The SMILES string of the molecule is COCCCC(O)c1sccc1Cl. The van der Waals surface area contributed by atoms with E-state index in [-0.39, 0.29) is 0 Å². The zero-order chi connectivity index (χ0) is 9.68. The molecular weight excluding hydrogens is 208 g/mol. The highest BCUT2D eigenvalue weighted by atomic mass is 35.5. The molecule has 0 aromatic carbocycles. The molecular formula is C9H13ClO2S. The number of hydrogen-bond acceptors (Lipinski definition) is 3. The van der Waals surface area contributed by atoms with Gasteiger partial charge in [0, 0.05) is 13.7 Å². The number of halogens is 1. The Bertz CT molecular complexity index is 250. The quantitative estimate of drug-likeness (QED) is 0.774. The molecule has 4 heteroatoms. The Morgan fingerprint density at radius 3 is 3.00 bits per heavy atom. The third-order valence-electron chi connectivity index (χ3n) is 1.77. The first kappa shape index (κ1) is 11.0. The van der Waals surface area contributed by atoms with Crippen molar-refractivity contribution in [3.05, 3.63) is 21.3 Å². The molecule has 1 aromatic rings. The summed E-state index contributed by atoms with van der Waals surface area (Å²) in [5.74, 6) is 0. The number of aliphatic hydroxyl groups is 1. The average Bonchev–Trinajstić information content (AvgIpc) is 2.52. The lowest BCUT2D eigenvalue weighted by atomic mass is 10.2. The van der Waals surface area contributed by atoms with Gasteiger partial charge < -0.3 is 9.84 Å². The normalized spacial score (nSPS) is 13.2. The van der Waals surface area contributed by atoms with E-state index in [2.05, 4.69) is 0 Å². The molecule has 0 radical (unpaired) electrons. The van der Waals surface area contributed by atoms with Gasteiger partial charge in [0.25, 0.3) is 0 Å². The summed E-state index contributed by atoms with van der Waals surface area (Å²) in [6.07, 6.45) is 1.11. The van der Waals surface area contributed by atoms with Gasteiger partial charge in [0.2, 0.25) is 0 Å². The molecule has 1 unspecified atom stereocenters. The van der Waals surface area contributed by atoms with Crippen molar-refractivity contribution in [3.63, 3.8) is 0 Å². The second kappa shape index (κ2) is 5.60. The van der Waals surface area contributed by atoms with Crippen molar-refractivity contribution < 1.29 is 9.84 Å². The number of methoxy groups -OCH3 is 1. The minimum Gasteiger partial charge on any atom is -0.388 e. The van der Waals surface area contributed by atoms with Crippen LogP contribution in [0.1, 0.15) is 23.8 Å². The van der Waals surface area contributed by atoms with Crippen LogP contribution < -0.4 is 0 Å². The molecule has 2 nitrogen and oxygen atoms in total. The average molecular weight is 221 g/mol. The molecule has 0 aliphatic rings. The van der Waals surface area contributed by atoms with Gasteiger partial charge in [-0.3, -0.25) is 0 Å². The van der Waals surface area contributed by atoms with Gasteiger partial charge in [-0.25, -0.2) is 0 Å². The maximum atomic E-state index is 9.69. The highest BCUT2D eigenvalue weighted by Gasteiger charge is 2.12. The van der Waals surface area contributed by atoms with E-state index in [9.17, 15) is 5.11 Å². The van der Waals surface area contributed by atoms with Crippen molar-refractivity contribution in [2.45, 2.75) is 18.9 Å². The molecule has 13 heavy (non-hydrogen) atoms. The molecule has 0 amide bonds. The summed E-state index contributed by atoms with van der Waals surface area (Å²) in [5, 5.41) is 12.2. The first-order chi connectivity index (χ1) is 6.25. The first-order valence-corrected chi connectivity index (χ1v) is 5.41. The van der Waals surface area contributed by atoms with E-state index < -0.39 is 6.10 Å². The lowest BCUT2D eigenvalue weighted by Gasteiger charge is -2.08. The smallest absolute Gasteiger partial charge is 0.0897 e. The number of aliphatic hydroxyl groups excluding tert-OH is 1. The highest BCUT2D eigenvalue weighted by Crippen LogP contribution is 2.30. The first-order valence-electron chi connectivity index (χ1n) is 4.15. The molecule has 74 valence electrons. The second-order valence-electron chi connectivity index (χ2n) is 2.78. The van der Waals surface area contributed by atoms with Crippen LogP contribution in [0.5, 0.6) is 0 Å². The van der Waals surface area contributed by atoms with Crippen LogP contribution in [0.25, 0.3) is 0 Å². The zero-order valence-electron chi connectivity index (χ0n) is 7.50. The predicted octanol–water partition coefficient (Wildman–Crippen LogP) is 2.86. The molecule has 1 atom stereocenters. The highest BCUT2D eigenvalue weighted by molar-refractivity contribution is 7.10. The number of thiophene rings is 1. The Labute approximate surface area is 87.1 Å². The molecule has 1 rings (SSSR count). The second-order valence-corrected chi connectivity index (χ2v) is 4.14. The summed E-state index contributed by atoms with van der Waals surface area (Å²) in [4.78, 5) is 0.859. The fourth-order valence-corrected chi connectivity index (χ4v) is 2.30. The third-order valence-corrected chi connectivity index (χ3v) is 3.23. The van der Waals surface area contributed by atoms with Gasteiger partial charge in [0.15, 0.2) is 0 Å². The van der Waals surface area contributed by atoms with E-state index in [0.29, 0.717) is 18.1 Å². The van der Waals surface area contributed by atoms with Gasteiger partial charge in [-0.1, -0.05) is 11.6 Å². The zero-order valence-corrected chi connectivity index (χ0v) is 9.07. The van der Waals surface area contributed by atoms with Crippen LogP contribution in [-0.2, 0) is 4.74 Å². The molecule has 0 bridgehead atoms. The Balaban J connectivity index is 2.39. The van der Waals surface area contributed by atoms with E-state index in [0.717, 1.165) is 11.3 Å². The van der Waals surface area contributed by atoms with Gasteiger partial charge in [-0.15, -0.1) is 11.3 Å². The standard InChI is InChI=1S/C9H13ClO2S/c1-12-5-2-3-8(11)9-7(10)4-6-13-9/h4,6,8,11H,2-3,5H2,1H3. The Morgan fingerprint density at radius 2 is 2.46 bits per heavy atom. The Kier molecular flexibility index (Phi) is 4.73. The largest absolute Gasteiger partial charge is 0.388 e. The molecule has 0 saturated carbocycles. The molecule has 0 aliphatic heterocycles. The van der Waals surface area contributed by atoms with Crippen LogP contribution in [0, 0.1) is 0 Å². The molecule has 0 aliphatic carbocycles. The van der Waals surface area contributed by atoms with Crippen molar-refractivity contribution in [2.24, 2.45) is 0 Å². The molecule has 1 heterocycles. The number of ether oxygens (including phenoxy) is 1. The van der Waals surface area contributed by atoms with E-state index in [1.165, 1.54) is 11.3 Å². The van der Waals surface area contributed by atoms with Gasteiger partial charge in [0.1, 0.15) is 0 Å².